The number of benzene rings is 3. The molecular formula is C32H31N3O3. The predicted molar refractivity (Wildman–Crippen MR) is 149 cm³/mol. The molecule has 0 aliphatic rings. The molecule has 0 spiro atoms. The maximum Gasteiger partial charge on any atom is 0.220 e. The molecule has 0 saturated carbocycles. The number of nitrogens with zero attached hydrogens (tertiary/aromatic N) is 1. The molecule has 192 valence electrons. The Balaban J connectivity index is 1.39. The predicted octanol–water partition coefficient (Wildman–Crippen LogP) is 6.03. The van der Waals surface area contributed by atoms with Crippen molar-refractivity contribution in [2.75, 3.05) is 13.7 Å². The number of pyridine rings is 1. The van der Waals surface area contributed by atoms with Crippen molar-refractivity contribution in [3.05, 3.63) is 126 Å². The largest absolute Gasteiger partial charge is 0.497 e. The second-order valence-electron chi connectivity index (χ2n) is 9.18. The summed E-state index contributed by atoms with van der Waals surface area (Å²) >= 11 is 0. The van der Waals surface area contributed by atoms with E-state index in [9.17, 15) is 4.79 Å². The van der Waals surface area contributed by atoms with Crippen LogP contribution < -0.4 is 14.8 Å². The van der Waals surface area contributed by atoms with E-state index in [1.165, 1.54) is 0 Å². The first-order valence-electron chi connectivity index (χ1n) is 12.8. The summed E-state index contributed by atoms with van der Waals surface area (Å²) in [6.07, 6.45) is 4.75. The first kappa shape index (κ1) is 25.1. The zero-order valence-corrected chi connectivity index (χ0v) is 21.4. The van der Waals surface area contributed by atoms with Gasteiger partial charge in [-0.3, -0.25) is 9.78 Å². The van der Waals surface area contributed by atoms with Crippen molar-refractivity contribution in [3.8, 4) is 11.5 Å². The molecule has 0 unspecified atom stereocenters. The van der Waals surface area contributed by atoms with E-state index in [-0.39, 0.29) is 11.8 Å². The topological polar surface area (TPSA) is 76.2 Å². The van der Waals surface area contributed by atoms with Crippen molar-refractivity contribution in [2.24, 2.45) is 0 Å². The Kier molecular flexibility index (Phi) is 7.99. The van der Waals surface area contributed by atoms with Gasteiger partial charge in [0.15, 0.2) is 0 Å². The molecule has 2 aromatic heterocycles. The molecule has 3 aromatic carbocycles. The normalized spacial score (nSPS) is 11.7. The Morgan fingerprint density at radius 3 is 2.63 bits per heavy atom. The highest BCUT2D eigenvalue weighted by atomic mass is 16.5. The number of carbonyl (C=O) groups is 1. The van der Waals surface area contributed by atoms with Crippen LogP contribution >= 0.6 is 0 Å². The summed E-state index contributed by atoms with van der Waals surface area (Å²) < 4.78 is 11.6. The number of aromatic amines is 1. The summed E-state index contributed by atoms with van der Waals surface area (Å²) in [5, 5.41) is 4.11. The van der Waals surface area contributed by atoms with Gasteiger partial charge in [-0.2, -0.15) is 0 Å². The van der Waals surface area contributed by atoms with E-state index in [0.29, 0.717) is 26.0 Å². The molecule has 0 aliphatic carbocycles. The van der Waals surface area contributed by atoms with Crippen LogP contribution in [0.3, 0.4) is 0 Å². The second kappa shape index (κ2) is 12.1. The molecule has 5 aromatic rings. The van der Waals surface area contributed by atoms with E-state index >= 15 is 0 Å². The van der Waals surface area contributed by atoms with Gasteiger partial charge in [0.25, 0.3) is 0 Å². The van der Waals surface area contributed by atoms with Crippen LogP contribution in [0, 0.1) is 0 Å². The minimum absolute atomic E-state index is 0.0150. The van der Waals surface area contributed by atoms with Crippen LogP contribution in [-0.4, -0.2) is 29.5 Å². The Labute approximate surface area is 222 Å². The third kappa shape index (κ3) is 6.21. The number of amides is 1. The smallest absolute Gasteiger partial charge is 0.220 e. The first-order valence-corrected chi connectivity index (χ1v) is 12.8. The number of H-pyrrole nitrogens is 1. The van der Waals surface area contributed by atoms with Crippen molar-refractivity contribution in [1.29, 1.82) is 0 Å². The third-order valence-corrected chi connectivity index (χ3v) is 6.62. The summed E-state index contributed by atoms with van der Waals surface area (Å²) in [6, 6.07) is 29.9. The number of hydrogen-bond donors (Lipinski definition) is 2. The Hall–Kier alpha value is -4.58. The highest BCUT2D eigenvalue weighted by Gasteiger charge is 2.22. The second-order valence-corrected chi connectivity index (χ2v) is 9.18. The van der Waals surface area contributed by atoms with Gasteiger partial charge in [0, 0.05) is 54.3 Å². The monoisotopic (exact) mass is 505 g/mol. The first-order chi connectivity index (χ1) is 18.7. The fraction of sp³-hybridized carbons (Fsp3) is 0.188. The standard InChI is InChI=1S/C32H31N3O3/c1-37-26-13-14-31-29(19-26)30(21-35-31)28(20-32(36)34-17-15-25-11-5-6-16-33-25)24-10-7-12-27(18-24)38-22-23-8-3-2-4-9-23/h2-14,16,18-19,21,28,35H,15,17,20,22H2,1H3,(H,34,36)/t28-/m1/s1. The quantitative estimate of drug-likeness (QED) is 0.230. The highest BCUT2D eigenvalue weighted by Crippen LogP contribution is 2.36. The van der Waals surface area contributed by atoms with Gasteiger partial charge in [-0.25, -0.2) is 0 Å². The lowest BCUT2D eigenvalue weighted by Gasteiger charge is -2.19. The van der Waals surface area contributed by atoms with E-state index < -0.39 is 0 Å². The minimum Gasteiger partial charge on any atom is -0.497 e. The van der Waals surface area contributed by atoms with Gasteiger partial charge in [0.2, 0.25) is 5.91 Å². The van der Waals surface area contributed by atoms with Gasteiger partial charge in [-0.15, -0.1) is 0 Å². The van der Waals surface area contributed by atoms with E-state index in [0.717, 1.165) is 44.8 Å². The summed E-state index contributed by atoms with van der Waals surface area (Å²) in [4.78, 5) is 20.9. The molecule has 0 saturated heterocycles. The lowest BCUT2D eigenvalue weighted by Crippen LogP contribution is -2.27. The van der Waals surface area contributed by atoms with Crippen molar-refractivity contribution in [1.82, 2.24) is 15.3 Å². The van der Waals surface area contributed by atoms with E-state index in [1.807, 2.05) is 91.1 Å². The van der Waals surface area contributed by atoms with E-state index in [2.05, 4.69) is 21.4 Å². The number of rotatable bonds is 11. The van der Waals surface area contributed by atoms with Crippen molar-refractivity contribution < 1.29 is 14.3 Å². The molecule has 1 amide bonds. The number of hydrogen-bond acceptors (Lipinski definition) is 4. The average Bonchev–Trinajstić information content (AvgIpc) is 3.39. The molecule has 5 rings (SSSR count). The van der Waals surface area contributed by atoms with Gasteiger partial charge in [-0.05, 0) is 59.2 Å². The summed E-state index contributed by atoms with van der Waals surface area (Å²) in [5.41, 5.74) is 5.11. The molecule has 38 heavy (non-hydrogen) atoms. The van der Waals surface area contributed by atoms with Crippen molar-refractivity contribution in [3.63, 3.8) is 0 Å². The number of methoxy groups -OCH3 is 1. The fourth-order valence-electron chi connectivity index (χ4n) is 4.64. The number of ether oxygens (including phenoxy) is 2. The fourth-order valence-corrected chi connectivity index (χ4v) is 4.64. The van der Waals surface area contributed by atoms with Gasteiger partial charge in [0.05, 0.1) is 7.11 Å². The lowest BCUT2D eigenvalue weighted by molar-refractivity contribution is -0.121. The maximum atomic E-state index is 13.2. The number of carbonyl (C=O) groups excluding carboxylic acids is 1. The van der Waals surface area contributed by atoms with Crippen LogP contribution in [0.25, 0.3) is 10.9 Å². The molecule has 6 nitrogen and oxygen atoms in total. The van der Waals surface area contributed by atoms with E-state index in [1.54, 1.807) is 13.3 Å². The zero-order chi connectivity index (χ0) is 26.2. The van der Waals surface area contributed by atoms with Crippen molar-refractivity contribution in [2.45, 2.75) is 25.4 Å². The summed E-state index contributed by atoms with van der Waals surface area (Å²) in [7, 11) is 1.66. The van der Waals surface area contributed by atoms with Crippen LogP contribution in [0.1, 0.15) is 34.7 Å². The van der Waals surface area contributed by atoms with Gasteiger partial charge < -0.3 is 19.8 Å². The molecule has 2 N–H and O–H groups in total. The molecule has 2 heterocycles. The summed E-state index contributed by atoms with van der Waals surface area (Å²) in [5.74, 6) is 1.35. The van der Waals surface area contributed by atoms with Crippen LogP contribution in [0.2, 0.25) is 0 Å². The number of nitrogens with one attached hydrogen (secondary N) is 2. The highest BCUT2D eigenvalue weighted by molar-refractivity contribution is 5.87. The van der Waals surface area contributed by atoms with E-state index in [4.69, 9.17) is 9.47 Å². The van der Waals surface area contributed by atoms with Gasteiger partial charge >= 0.3 is 0 Å². The SMILES string of the molecule is COc1ccc2[nH]cc([C@H](CC(=O)NCCc3ccccn3)c3cccc(OCc4ccccc4)c3)c2c1. The maximum absolute atomic E-state index is 13.2. The Bertz CT molecular complexity index is 1480. The van der Waals surface area contributed by atoms with Gasteiger partial charge in [0.1, 0.15) is 18.1 Å². The zero-order valence-electron chi connectivity index (χ0n) is 21.4. The van der Waals surface area contributed by atoms with Crippen LogP contribution in [0.4, 0.5) is 0 Å². The summed E-state index contributed by atoms with van der Waals surface area (Å²) in [6.45, 7) is 1.01. The van der Waals surface area contributed by atoms with Crippen LogP contribution in [-0.2, 0) is 17.8 Å². The minimum atomic E-state index is -0.175. The van der Waals surface area contributed by atoms with Gasteiger partial charge in [-0.1, -0.05) is 48.5 Å². The van der Waals surface area contributed by atoms with Crippen LogP contribution in [0.5, 0.6) is 11.5 Å². The van der Waals surface area contributed by atoms with Crippen molar-refractivity contribution >= 4 is 16.8 Å². The molecular weight excluding hydrogens is 474 g/mol. The molecule has 1 atom stereocenters. The van der Waals surface area contributed by atoms with Crippen LogP contribution in [0.15, 0.2) is 103 Å². The number of aromatic nitrogens is 2. The Morgan fingerprint density at radius 2 is 1.82 bits per heavy atom. The Morgan fingerprint density at radius 1 is 0.947 bits per heavy atom. The molecule has 0 fully saturated rings. The molecule has 0 bridgehead atoms. The molecule has 0 radical (unpaired) electrons. The lowest BCUT2D eigenvalue weighted by atomic mass is 9.87. The third-order valence-electron chi connectivity index (χ3n) is 6.62. The number of fused-ring (bicyclic) bond motifs is 1. The average molecular weight is 506 g/mol. The molecule has 0 aliphatic heterocycles. The molecule has 6 heteroatoms.